The molecule has 0 saturated heterocycles. The Morgan fingerprint density at radius 3 is 2.30 bits per heavy atom. The highest BCUT2D eigenvalue weighted by atomic mass is 32.2. The van der Waals surface area contributed by atoms with Gasteiger partial charge in [0.05, 0.1) is 12.0 Å². The Morgan fingerprint density at radius 2 is 1.90 bits per heavy atom. The molecule has 0 aliphatic heterocycles. The Morgan fingerprint density at radius 1 is 1.35 bits per heavy atom. The standard InChI is InChI=1S/C13H19NO5S/c1-4-9(2)12(13(15)16)14-20(17,18)11-7-5-10(19-3)6-8-11/h5-9,12,14H,4H2,1-3H3,(H,15,16)/t9-,12+/m0/s1. The summed E-state index contributed by atoms with van der Waals surface area (Å²) >= 11 is 0. The maximum atomic E-state index is 12.2. The fraction of sp³-hybridized carbons (Fsp3) is 0.462. The van der Waals surface area contributed by atoms with Crippen LogP contribution in [0.15, 0.2) is 29.2 Å². The number of hydrogen-bond acceptors (Lipinski definition) is 4. The smallest absolute Gasteiger partial charge is 0.322 e. The van der Waals surface area contributed by atoms with Crippen molar-refractivity contribution in [3.05, 3.63) is 24.3 Å². The van der Waals surface area contributed by atoms with E-state index in [-0.39, 0.29) is 10.8 Å². The van der Waals surface area contributed by atoms with Crippen molar-refractivity contribution in [1.29, 1.82) is 0 Å². The minimum atomic E-state index is -3.87. The van der Waals surface area contributed by atoms with Crippen LogP contribution in [0, 0.1) is 5.92 Å². The van der Waals surface area contributed by atoms with Crippen molar-refractivity contribution in [3.8, 4) is 5.75 Å². The zero-order valence-electron chi connectivity index (χ0n) is 11.7. The largest absolute Gasteiger partial charge is 0.497 e. The third-order valence-electron chi connectivity index (χ3n) is 3.13. The zero-order valence-corrected chi connectivity index (χ0v) is 12.5. The second kappa shape index (κ2) is 6.71. The first-order chi connectivity index (χ1) is 9.31. The van der Waals surface area contributed by atoms with Crippen LogP contribution in [0.25, 0.3) is 0 Å². The Bertz CT molecular complexity index is 553. The summed E-state index contributed by atoms with van der Waals surface area (Å²) in [6, 6.07) is 4.61. The monoisotopic (exact) mass is 301 g/mol. The average Bonchev–Trinajstić information content (AvgIpc) is 2.43. The van der Waals surface area contributed by atoms with Crippen LogP contribution in [0.2, 0.25) is 0 Å². The van der Waals surface area contributed by atoms with Crippen LogP contribution in [0.4, 0.5) is 0 Å². The molecule has 0 aliphatic rings. The van der Waals surface area contributed by atoms with Gasteiger partial charge in [-0.3, -0.25) is 4.79 Å². The first kappa shape index (κ1) is 16.5. The fourth-order valence-corrected chi connectivity index (χ4v) is 2.93. The van der Waals surface area contributed by atoms with E-state index in [0.717, 1.165) is 0 Å². The van der Waals surface area contributed by atoms with Gasteiger partial charge in [-0.05, 0) is 30.2 Å². The van der Waals surface area contributed by atoms with E-state index in [0.29, 0.717) is 12.2 Å². The van der Waals surface area contributed by atoms with Gasteiger partial charge in [-0.2, -0.15) is 4.72 Å². The third kappa shape index (κ3) is 3.94. The Balaban J connectivity index is 3.00. The molecule has 0 amide bonds. The lowest BCUT2D eigenvalue weighted by Gasteiger charge is -2.20. The van der Waals surface area contributed by atoms with Gasteiger partial charge >= 0.3 is 5.97 Å². The summed E-state index contributed by atoms with van der Waals surface area (Å²) in [5, 5.41) is 9.12. The number of nitrogens with one attached hydrogen (secondary N) is 1. The van der Waals surface area contributed by atoms with Crippen LogP contribution in [0.3, 0.4) is 0 Å². The molecule has 112 valence electrons. The summed E-state index contributed by atoms with van der Waals surface area (Å²) in [4.78, 5) is 11.2. The van der Waals surface area contributed by atoms with Gasteiger partial charge in [-0.25, -0.2) is 8.42 Å². The van der Waals surface area contributed by atoms with Crippen molar-refractivity contribution in [3.63, 3.8) is 0 Å². The first-order valence-corrected chi connectivity index (χ1v) is 7.69. The van der Waals surface area contributed by atoms with Crippen molar-refractivity contribution in [2.45, 2.75) is 31.2 Å². The molecular weight excluding hydrogens is 282 g/mol. The molecule has 2 N–H and O–H groups in total. The highest BCUT2D eigenvalue weighted by molar-refractivity contribution is 7.89. The highest BCUT2D eigenvalue weighted by Gasteiger charge is 2.29. The fourth-order valence-electron chi connectivity index (χ4n) is 1.64. The topological polar surface area (TPSA) is 92.7 Å². The van der Waals surface area contributed by atoms with Crippen molar-refractivity contribution in [2.24, 2.45) is 5.92 Å². The predicted octanol–water partition coefficient (Wildman–Crippen LogP) is 1.47. The van der Waals surface area contributed by atoms with Crippen LogP contribution < -0.4 is 9.46 Å². The number of rotatable bonds is 7. The number of carboxylic acids is 1. The normalized spacial score (nSPS) is 14.6. The lowest BCUT2D eigenvalue weighted by molar-refractivity contribution is -0.140. The number of aliphatic carboxylic acids is 1. The van der Waals surface area contributed by atoms with E-state index < -0.39 is 22.0 Å². The van der Waals surface area contributed by atoms with E-state index in [4.69, 9.17) is 9.84 Å². The van der Waals surface area contributed by atoms with E-state index in [1.54, 1.807) is 6.92 Å². The Kier molecular flexibility index (Phi) is 5.52. The molecule has 7 heteroatoms. The minimum Gasteiger partial charge on any atom is -0.497 e. The molecule has 0 radical (unpaired) electrons. The number of carboxylic acid groups (broad SMARTS) is 1. The number of sulfonamides is 1. The molecule has 2 atom stereocenters. The van der Waals surface area contributed by atoms with Gasteiger partial charge in [0.1, 0.15) is 11.8 Å². The van der Waals surface area contributed by atoms with Crippen LogP contribution >= 0.6 is 0 Å². The van der Waals surface area contributed by atoms with Gasteiger partial charge in [0, 0.05) is 0 Å². The Labute approximate surface area is 118 Å². The molecule has 0 fully saturated rings. The van der Waals surface area contributed by atoms with Crippen molar-refractivity contribution < 1.29 is 23.1 Å². The minimum absolute atomic E-state index is 0.00727. The van der Waals surface area contributed by atoms with E-state index in [1.165, 1.54) is 31.4 Å². The van der Waals surface area contributed by atoms with Crippen LogP contribution in [0.1, 0.15) is 20.3 Å². The number of ether oxygens (including phenoxy) is 1. The molecule has 0 aromatic heterocycles. The molecule has 1 aromatic rings. The molecule has 0 bridgehead atoms. The maximum absolute atomic E-state index is 12.2. The predicted molar refractivity (Wildman–Crippen MR) is 74.2 cm³/mol. The molecule has 0 unspecified atom stereocenters. The van der Waals surface area contributed by atoms with E-state index >= 15 is 0 Å². The molecule has 0 heterocycles. The van der Waals surface area contributed by atoms with Gasteiger partial charge < -0.3 is 9.84 Å². The molecule has 1 rings (SSSR count). The number of benzene rings is 1. The van der Waals surface area contributed by atoms with Crippen molar-refractivity contribution in [1.82, 2.24) is 4.72 Å². The molecule has 0 saturated carbocycles. The molecule has 0 spiro atoms. The van der Waals surface area contributed by atoms with E-state index in [1.807, 2.05) is 6.92 Å². The van der Waals surface area contributed by atoms with Gasteiger partial charge in [0.15, 0.2) is 0 Å². The molecule has 6 nitrogen and oxygen atoms in total. The maximum Gasteiger partial charge on any atom is 0.322 e. The average molecular weight is 301 g/mol. The second-order valence-electron chi connectivity index (χ2n) is 4.50. The molecular formula is C13H19NO5S. The van der Waals surface area contributed by atoms with Crippen LogP contribution in [0.5, 0.6) is 5.75 Å². The quantitative estimate of drug-likeness (QED) is 0.795. The van der Waals surface area contributed by atoms with Gasteiger partial charge in [0.25, 0.3) is 0 Å². The van der Waals surface area contributed by atoms with Crippen LogP contribution in [-0.2, 0) is 14.8 Å². The second-order valence-corrected chi connectivity index (χ2v) is 6.21. The number of methoxy groups -OCH3 is 1. The molecule has 1 aromatic carbocycles. The highest BCUT2D eigenvalue weighted by Crippen LogP contribution is 2.17. The summed E-state index contributed by atoms with van der Waals surface area (Å²) in [5.74, 6) is -0.961. The summed E-state index contributed by atoms with van der Waals surface area (Å²) in [6.07, 6.45) is 0.558. The number of carbonyl (C=O) groups is 1. The summed E-state index contributed by atoms with van der Waals surface area (Å²) in [5.41, 5.74) is 0. The number of hydrogen-bond donors (Lipinski definition) is 2. The van der Waals surface area contributed by atoms with Crippen LogP contribution in [-0.4, -0.2) is 32.6 Å². The van der Waals surface area contributed by atoms with Gasteiger partial charge in [-0.1, -0.05) is 20.3 Å². The van der Waals surface area contributed by atoms with E-state index in [2.05, 4.69) is 4.72 Å². The zero-order chi connectivity index (χ0) is 15.3. The summed E-state index contributed by atoms with van der Waals surface area (Å²) < 4.78 is 31.5. The summed E-state index contributed by atoms with van der Waals surface area (Å²) in [6.45, 7) is 3.50. The summed E-state index contributed by atoms with van der Waals surface area (Å²) in [7, 11) is -2.39. The van der Waals surface area contributed by atoms with Gasteiger partial charge in [-0.15, -0.1) is 0 Å². The van der Waals surface area contributed by atoms with Crippen molar-refractivity contribution in [2.75, 3.05) is 7.11 Å². The molecule has 0 aliphatic carbocycles. The Hall–Kier alpha value is -1.60. The van der Waals surface area contributed by atoms with Crippen molar-refractivity contribution >= 4 is 16.0 Å². The van der Waals surface area contributed by atoms with Gasteiger partial charge in [0.2, 0.25) is 10.0 Å². The lowest BCUT2D eigenvalue weighted by atomic mass is 10.0. The third-order valence-corrected chi connectivity index (χ3v) is 4.59. The molecule has 20 heavy (non-hydrogen) atoms. The SMILES string of the molecule is CC[C@H](C)[C@@H](NS(=O)(=O)c1ccc(OC)cc1)C(=O)O. The lowest BCUT2D eigenvalue weighted by Crippen LogP contribution is -2.44. The first-order valence-electron chi connectivity index (χ1n) is 6.21. The van der Waals surface area contributed by atoms with E-state index in [9.17, 15) is 13.2 Å².